The second-order valence-electron chi connectivity index (χ2n) is 5.81. The minimum Gasteiger partial charge on any atom is -0.103 e. The number of allylic oxidation sites excluding steroid dienone is 1. The lowest BCUT2D eigenvalue weighted by molar-refractivity contribution is 0.253. The molecule has 0 aromatic carbocycles. The first-order chi connectivity index (χ1) is 6.30. The molecule has 0 saturated heterocycles. The zero-order chi connectivity index (χ0) is 11.4. The summed E-state index contributed by atoms with van der Waals surface area (Å²) in [6, 6.07) is 0. The van der Waals surface area contributed by atoms with Crippen LogP contribution in [-0.2, 0) is 0 Å². The average Bonchev–Trinajstić information content (AvgIpc) is 2.13. The van der Waals surface area contributed by atoms with E-state index < -0.39 is 0 Å². The fraction of sp³-hybridized carbons (Fsp3) is 0.857. The molecular formula is C14H28. The van der Waals surface area contributed by atoms with E-state index in [2.05, 4.69) is 54.2 Å². The molecule has 0 heterocycles. The van der Waals surface area contributed by atoms with Crippen LogP contribution in [0.5, 0.6) is 0 Å². The van der Waals surface area contributed by atoms with Gasteiger partial charge in [-0.15, -0.1) is 6.58 Å². The molecule has 0 radical (unpaired) electrons. The molecule has 0 heteroatoms. The van der Waals surface area contributed by atoms with E-state index in [1.807, 2.05) is 0 Å². The zero-order valence-corrected chi connectivity index (χ0v) is 10.9. The Bertz CT molecular complexity index is 165. The molecule has 2 unspecified atom stereocenters. The van der Waals surface area contributed by atoms with Gasteiger partial charge in [-0.1, -0.05) is 47.6 Å². The van der Waals surface area contributed by atoms with E-state index in [1.54, 1.807) is 0 Å². The molecule has 0 saturated carbocycles. The van der Waals surface area contributed by atoms with Crippen molar-refractivity contribution in [3.8, 4) is 0 Å². The van der Waals surface area contributed by atoms with Crippen molar-refractivity contribution in [1.29, 1.82) is 0 Å². The first kappa shape index (κ1) is 13.7. The van der Waals surface area contributed by atoms with Crippen LogP contribution < -0.4 is 0 Å². The highest BCUT2D eigenvalue weighted by Gasteiger charge is 2.19. The van der Waals surface area contributed by atoms with Crippen LogP contribution in [0.1, 0.15) is 54.4 Å². The fourth-order valence-corrected chi connectivity index (χ4v) is 1.62. The molecule has 0 N–H and O–H groups in total. The minimum absolute atomic E-state index is 0.310. The van der Waals surface area contributed by atoms with Gasteiger partial charge in [0.15, 0.2) is 0 Å². The van der Waals surface area contributed by atoms with E-state index in [1.165, 1.54) is 12.8 Å². The Balaban J connectivity index is 3.96. The molecule has 0 nitrogen and oxygen atoms in total. The zero-order valence-electron chi connectivity index (χ0n) is 10.9. The molecule has 0 aromatic rings. The summed E-state index contributed by atoms with van der Waals surface area (Å²) in [7, 11) is 0. The van der Waals surface area contributed by atoms with Crippen LogP contribution in [0.25, 0.3) is 0 Å². The van der Waals surface area contributed by atoms with E-state index >= 15 is 0 Å². The number of rotatable bonds is 6. The average molecular weight is 196 g/mol. The van der Waals surface area contributed by atoms with Gasteiger partial charge in [-0.3, -0.25) is 0 Å². The van der Waals surface area contributed by atoms with Crippen molar-refractivity contribution < 1.29 is 0 Å². The topological polar surface area (TPSA) is 0 Å². The van der Waals surface area contributed by atoms with Crippen molar-refractivity contribution in [1.82, 2.24) is 0 Å². The highest BCUT2D eigenvalue weighted by molar-refractivity contribution is 4.87. The largest absolute Gasteiger partial charge is 0.103 e. The standard InChI is InChI=1S/C14H28/c1-8-14(6,7)10-9-12(4)13(5)11(2)3/h8,11-13H,1,9-10H2,2-7H3. The Labute approximate surface area is 90.8 Å². The summed E-state index contributed by atoms with van der Waals surface area (Å²) in [5.41, 5.74) is 0.310. The summed E-state index contributed by atoms with van der Waals surface area (Å²) in [6.45, 7) is 17.8. The molecule has 0 aromatic heterocycles. The van der Waals surface area contributed by atoms with E-state index in [0.717, 1.165) is 17.8 Å². The Kier molecular flexibility index (Phi) is 5.48. The van der Waals surface area contributed by atoms with Gasteiger partial charge in [0, 0.05) is 0 Å². The fourth-order valence-electron chi connectivity index (χ4n) is 1.62. The Hall–Kier alpha value is -0.260. The van der Waals surface area contributed by atoms with Gasteiger partial charge in [0.1, 0.15) is 0 Å². The summed E-state index contributed by atoms with van der Waals surface area (Å²) in [5.74, 6) is 2.46. The minimum atomic E-state index is 0.310. The highest BCUT2D eigenvalue weighted by atomic mass is 14.2. The highest BCUT2D eigenvalue weighted by Crippen LogP contribution is 2.30. The smallest absolute Gasteiger partial charge is 0.0177 e. The van der Waals surface area contributed by atoms with Crippen LogP contribution in [-0.4, -0.2) is 0 Å². The van der Waals surface area contributed by atoms with Crippen molar-refractivity contribution in [2.24, 2.45) is 23.2 Å². The van der Waals surface area contributed by atoms with Gasteiger partial charge in [-0.05, 0) is 36.0 Å². The van der Waals surface area contributed by atoms with Gasteiger partial charge in [0.25, 0.3) is 0 Å². The third kappa shape index (κ3) is 4.83. The Morgan fingerprint density at radius 3 is 2.00 bits per heavy atom. The molecule has 2 atom stereocenters. The molecule has 84 valence electrons. The van der Waals surface area contributed by atoms with Crippen LogP contribution in [0, 0.1) is 23.2 Å². The van der Waals surface area contributed by atoms with E-state index in [4.69, 9.17) is 0 Å². The van der Waals surface area contributed by atoms with Gasteiger partial charge < -0.3 is 0 Å². The molecule has 0 aliphatic carbocycles. The predicted molar refractivity (Wildman–Crippen MR) is 66.4 cm³/mol. The summed E-state index contributed by atoms with van der Waals surface area (Å²) in [6.07, 6.45) is 4.66. The SMILES string of the molecule is C=CC(C)(C)CCC(C)C(C)C(C)C. The maximum atomic E-state index is 3.89. The summed E-state index contributed by atoms with van der Waals surface area (Å²) in [5, 5.41) is 0. The lowest BCUT2D eigenvalue weighted by Crippen LogP contribution is -2.17. The van der Waals surface area contributed by atoms with Gasteiger partial charge in [-0.2, -0.15) is 0 Å². The molecule has 0 rings (SSSR count). The van der Waals surface area contributed by atoms with Crippen molar-refractivity contribution in [3.05, 3.63) is 12.7 Å². The molecule has 0 spiro atoms. The third-order valence-electron chi connectivity index (χ3n) is 3.75. The van der Waals surface area contributed by atoms with Gasteiger partial charge in [0.05, 0.1) is 0 Å². The first-order valence-electron chi connectivity index (χ1n) is 5.93. The van der Waals surface area contributed by atoms with Crippen LogP contribution in [0.4, 0.5) is 0 Å². The van der Waals surface area contributed by atoms with Crippen LogP contribution in [0.15, 0.2) is 12.7 Å². The Morgan fingerprint density at radius 1 is 1.14 bits per heavy atom. The molecule has 0 bridgehead atoms. The molecule has 14 heavy (non-hydrogen) atoms. The van der Waals surface area contributed by atoms with E-state index in [0.29, 0.717) is 5.41 Å². The van der Waals surface area contributed by atoms with Crippen molar-refractivity contribution in [2.45, 2.75) is 54.4 Å². The van der Waals surface area contributed by atoms with Gasteiger partial charge in [0.2, 0.25) is 0 Å². The van der Waals surface area contributed by atoms with Gasteiger partial charge >= 0.3 is 0 Å². The van der Waals surface area contributed by atoms with Crippen LogP contribution >= 0.6 is 0 Å². The summed E-state index contributed by atoms with van der Waals surface area (Å²) < 4.78 is 0. The van der Waals surface area contributed by atoms with E-state index in [9.17, 15) is 0 Å². The number of hydrogen-bond donors (Lipinski definition) is 0. The predicted octanol–water partition coefficient (Wildman–Crippen LogP) is 4.91. The second-order valence-corrected chi connectivity index (χ2v) is 5.81. The first-order valence-corrected chi connectivity index (χ1v) is 5.93. The molecule has 0 fully saturated rings. The second kappa shape index (κ2) is 5.58. The number of hydrogen-bond acceptors (Lipinski definition) is 0. The summed E-state index contributed by atoms with van der Waals surface area (Å²) in [4.78, 5) is 0. The van der Waals surface area contributed by atoms with Crippen LogP contribution in [0.3, 0.4) is 0 Å². The lowest BCUT2D eigenvalue weighted by Gasteiger charge is -2.27. The normalized spacial score (nSPS) is 16.8. The maximum absolute atomic E-state index is 3.89. The van der Waals surface area contributed by atoms with Crippen molar-refractivity contribution >= 4 is 0 Å². The van der Waals surface area contributed by atoms with Crippen LogP contribution in [0.2, 0.25) is 0 Å². The van der Waals surface area contributed by atoms with E-state index in [-0.39, 0.29) is 0 Å². The van der Waals surface area contributed by atoms with Crippen molar-refractivity contribution in [2.75, 3.05) is 0 Å². The molecule has 0 aliphatic rings. The van der Waals surface area contributed by atoms with Gasteiger partial charge in [-0.25, -0.2) is 0 Å². The monoisotopic (exact) mass is 196 g/mol. The lowest BCUT2D eigenvalue weighted by atomic mass is 9.79. The third-order valence-corrected chi connectivity index (χ3v) is 3.75. The molecule has 0 amide bonds. The molecule has 0 aliphatic heterocycles. The quantitative estimate of drug-likeness (QED) is 0.530. The maximum Gasteiger partial charge on any atom is -0.0177 e. The molecular weight excluding hydrogens is 168 g/mol. The Morgan fingerprint density at radius 2 is 1.64 bits per heavy atom. The van der Waals surface area contributed by atoms with Crippen molar-refractivity contribution in [3.63, 3.8) is 0 Å². The summed E-state index contributed by atoms with van der Waals surface area (Å²) >= 11 is 0.